The zero-order valence-corrected chi connectivity index (χ0v) is 7.32. The number of nitrogens with one attached hydrogen (secondary N) is 1. The fraction of sp³-hybridized carbons (Fsp3) is 0.750. The van der Waals surface area contributed by atoms with Crippen LogP contribution in [0.4, 0.5) is 0 Å². The first-order valence-electron chi connectivity index (χ1n) is 4.36. The molecule has 74 valence electrons. The SMILES string of the molecule is NC1CCCC1C(=O)NCC(=O)O. The number of rotatable bonds is 3. The van der Waals surface area contributed by atoms with Gasteiger partial charge in [-0.1, -0.05) is 6.42 Å². The van der Waals surface area contributed by atoms with Gasteiger partial charge in [-0.15, -0.1) is 0 Å². The number of hydrogen-bond donors (Lipinski definition) is 3. The predicted molar refractivity (Wildman–Crippen MR) is 46.0 cm³/mol. The molecule has 0 bridgehead atoms. The quantitative estimate of drug-likeness (QED) is 0.544. The number of carbonyl (C=O) groups excluding carboxylic acids is 1. The molecule has 2 unspecified atom stereocenters. The Morgan fingerprint density at radius 2 is 2.15 bits per heavy atom. The second-order valence-corrected chi connectivity index (χ2v) is 3.31. The summed E-state index contributed by atoms with van der Waals surface area (Å²) in [6, 6.07) is -0.103. The van der Waals surface area contributed by atoms with Gasteiger partial charge in [0.15, 0.2) is 0 Å². The molecule has 0 aliphatic heterocycles. The molecular formula is C8H14N2O3. The lowest BCUT2D eigenvalue weighted by Gasteiger charge is -2.13. The molecule has 0 radical (unpaired) electrons. The van der Waals surface area contributed by atoms with Crippen LogP contribution >= 0.6 is 0 Å². The highest BCUT2D eigenvalue weighted by molar-refractivity contribution is 5.83. The first-order valence-corrected chi connectivity index (χ1v) is 4.36. The number of amides is 1. The standard InChI is InChI=1S/C8H14N2O3/c9-6-3-1-2-5(6)8(13)10-4-7(11)12/h5-6H,1-4,9H2,(H,10,13)(H,11,12). The third-order valence-corrected chi connectivity index (χ3v) is 2.32. The van der Waals surface area contributed by atoms with Gasteiger partial charge in [0, 0.05) is 6.04 Å². The zero-order valence-electron chi connectivity index (χ0n) is 7.32. The van der Waals surface area contributed by atoms with Crippen LogP contribution in [0, 0.1) is 5.92 Å². The van der Waals surface area contributed by atoms with Gasteiger partial charge in [0.1, 0.15) is 6.54 Å². The van der Waals surface area contributed by atoms with Crippen LogP contribution in [0.25, 0.3) is 0 Å². The second-order valence-electron chi connectivity index (χ2n) is 3.31. The molecule has 1 saturated carbocycles. The molecule has 0 aromatic heterocycles. The summed E-state index contributed by atoms with van der Waals surface area (Å²) >= 11 is 0. The van der Waals surface area contributed by atoms with Gasteiger partial charge in [-0.2, -0.15) is 0 Å². The topological polar surface area (TPSA) is 92.4 Å². The van der Waals surface area contributed by atoms with Crippen LogP contribution in [0.1, 0.15) is 19.3 Å². The molecule has 1 aliphatic carbocycles. The first kappa shape index (κ1) is 9.98. The predicted octanol–water partition coefficient (Wildman–Crippen LogP) is -0.685. The van der Waals surface area contributed by atoms with E-state index in [-0.39, 0.29) is 24.4 Å². The molecule has 0 spiro atoms. The van der Waals surface area contributed by atoms with Gasteiger partial charge in [-0.05, 0) is 12.8 Å². The highest BCUT2D eigenvalue weighted by Crippen LogP contribution is 2.23. The molecule has 1 amide bonds. The Kier molecular flexibility index (Phi) is 3.25. The lowest BCUT2D eigenvalue weighted by molar-refractivity contribution is -0.138. The molecule has 2 atom stereocenters. The largest absolute Gasteiger partial charge is 0.480 e. The average molecular weight is 186 g/mol. The van der Waals surface area contributed by atoms with Crippen molar-refractivity contribution in [3.63, 3.8) is 0 Å². The summed E-state index contributed by atoms with van der Waals surface area (Å²) in [5.74, 6) is -1.45. The summed E-state index contributed by atoms with van der Waals surface area (Å²) < 4.78 is 0. The smallest absolute Gasteiger partial charge is 0.322 e. The number of carbonyl (C=O) groups is 2. The van der Waals surface area contributed by atoms with Gasteiger partial charge in [-0.25, -0.2) is 0 Å². The molecular weight excluding hydrogens is 172 g/mol. The zero-order chi connectivity index (χ0) is 9.84. The molecule has 1 fully saturated rings. The fourth-order valence-electron chi connectivity index (χ4n) is 1.61. The minimum Gasteiger partial charge on any atom is -0.480 e. The summed E-state index contributed by atoms with van der Waals surface area (Å²) in [5, 5.41) is 10.7. The Labute approximate surface area is 76.3 Å². The molecule has 1 aliphatic rings. The summed E-state index contributed by atoms with van der Waals surface area (Å²) in [6.45, 7) is -0.317. The number of hydrogen-bond acceptors (Lipinski definition) is 3. The Bertz CT molecular complexity index is 217. The highest BCUT2D eigenvalue weighted by atomic mass is 16.4. The van der Waals surface area contributed by atoms with E-state index in [2.05, 4.69) is 5.32 Å². The second kappa shape index (κ2) is 4.23. The van der Waals surface area contributed by atoms with Crippen molar-refractivity contribution in [2.75, 3.05) is 6.54 Å². The van der Waals surface area contributed by atoms with Crippen LogP contribution in [0.5, 0.6) is 0 Å². The van der Waals surface area contributed by atoms with E-state index in [0.29, 0.717) is 0 Å². The van der Waals surface area contributed by atoms with Gasteiger partial charge in [0.25, 0.3) is 0 Å². The molecule has 0 heterocycles. The van der Waals surface area contributed by atoms with Gasteiger partial charge < -0.3 is 16.2 Å². The molecule has 5 heteroatoms. The Hall–Kier alpha value is -1.10. The van der Waals surface area contributed by atoms with E-state index in [1.807, 2.05) is 0 Å². The average Bonchev–Trinajstić information content (AvgIpc) is 2.47. The van der Waals surface area contributed by atoms with Crippen molar-refractivity contribution in [3.05, 3.63) is 0 Å². The van der Waals surface area contributed by atoms with Crippen LogP contribution in [0.2, 0.25) is 0 Å². The summed E-state index contributed by atoms with van der Waals surface area (Å²) in [5.41, 5.74) is 5.68. The monoisotopic (exact) mass is 186 g/mol. The minimum absolute atomic E-state index is 0.103. The Balaban J connectivity index is 2.34. The van der Waals surface area contributed by atoms with Crippen molar-refractivity contribution in [2.24, 2.45) is 11.7 Å². The van der Waals surface area contributed by atoms with E-state index in [1.165, 1.54) is 0 Å². The minimum atomic E-state index is -1.03. The van der Waals surface area contributed by atoms with Crippen molar-refractivity contribution in [1.29, 1.82) is 0 Å². The Morgan fingerprint density at radius 1 is 1.46 bits per heavy atom. The lowest BCUT2D eigenvalue weighted by atomic mass is 10.0. The van der Waals surface area contributed by atoms with E-state index in [9.17, 15) is 9.59 Å². The molecule has 0 aromatic rings. The van der Waals surface area contributed by atoms with E-state index >= 15 is 0 Å². The number of aliphatic carboxylic acids is 1. The van der Waals surface area contributed by atoms with Crippen LogP contribution in [0.15, 0.2) is 0 Å². The first-order chi connectivity index (χ1) is 6.11. The van der Waals surface area contributed by atoms with Gasteiger partial charge >= 0.3 is 5.97 Å². The molecule has 0 saturated heterocycles. The van der Waals surface area contributed by atoms with Crippen molar-refractivity contribution in [1.82, 2.24) is 5.32 Å². The summed E-state index contributed by atoms with van der Waals surface area (Å²) in [7, 11) is 0. The normalized spacial score (nSPS) is 27.2. The summed E-state index contributed by atoms with van der Waals surface area (Å²) in [6.07, 6.45) is 2.57. The van der Waals surface area contributed by atoms with Crippen molar-refractivity contribution >= 4 is 11.9 Å². The maximum absolute atomic E-state index is 11.3. The number of nitrogens with two attached hydrogens (primary N) is 1. The van der Waals surface area contributed by atoms with Crippen molar-refractivity contribution in [2.45, 2.75) is 25.3 Å². The Morgan fingerprint density at radius 3 is 2.62 bits per heavy atom. The van der Waals surface area contributed by atoms with Gasteiger partial charge in [0.05, 0.1) is 5.92 Å². The molecule has 5 nitrogen and oxygen atoms in total. The molecule has 0 aromatic carbocycles. The molecule has 4 N–H and O–H groups in total. The highest BCUT2D eigenvalue weighted by Gasteiger charge is 2.30. The van der Waals surface area contributed by atoms with Gasteiger partial charge in [0.2, 0.25) is 5.91 Å². The third kappa shape index (κ3) is 2.69. The van der Waals surface area contributed by atoms with Crippen LogP contribution in [0.3, 0.4) is 0 Å². The fourth-order valence-corrected chi connectivity index (χ4v) is 1.61. The lowest BCUT2D eigenvalue weighted by Crippen LogP contribution is -2.40. The molecule has 1 rings (SSSR count). The van der Waals surface area contributed by atoms with E-state index in [0.717, 1.165) is 19.3 Å². The van der Waals surface area contributed by atoms with E-state index < -0.39 is 5.97 Å². The van der Waals surface area contributed by atoms with E-state index in [1.54, 1.807) is 0 Å². The van der Waals surface area contributed by atoms with E-state index in [4.69, 9.17) is 10.8 Å². The van der Waals surface area contributed by atoms with Gasteiger partial charge in [-0.3, -0.25) is 9.59 Å². The number of carboxylic acids is 1. The maximum Gasteiger partial charge on any atom is 0.322 e. The number of carboxylic acid groups (broad SMARTS) is 1. The van der Waals surface area contributed by atoms with Crippen LogP contribution in [-0.4, -0.2) is 29.6 Å². The molecule has 13 heavy (non-hydrogen) atoms. The van der Waals surface area contributed by atoms with Crippen molar-refractivity contribution in [3.8, 4) is 0 Å². The van der Waals surface area contributed by atoms with Crippen LogP contribution in [-0.2, 0) is 9.59 Å². The maximum atomic E-state index is 11.3. The van der Waals surface area contributed by atoms with Crippen LogP contribution < -0.4 is 11.1 Å². The summed E-state index contributed by atoms with van der Waals surface area (Å²) in [4.78, 5) is 21.5. The van der Waals surface area contributed by atoms with Crippen molar-refractivity contribution < 1.29 is 14.7 Å². The third-order valence-electron chi connectivity index (χ3n) is 2.32.